The van der Waals surface area contributed by atoms with Crippen molar-refractivity contribution in [2.24, 2.45) is 0 Å². The summed E-state index contributed by atoms with van der Waals surface area (Å²) in [6, 6.07) is 0.362. The molecule has 10 heteroatoms. The maximum absolute atomic E-state index is 13.6. The third-order valence-corrected chi connectivity index (χ3v) is 2.81. The molecule has 0 atom stereocenters. The highest BCUT2D eigenvalue weighted by Crippen LogP contribution is 2.30. The number of benzene rings is 1. The van der Waals surface area contributed by atoms with Crippen LogP contribution in [-0.4, -0.2) is 30.1 Å². The second-order valence-electron chi connectivity index (χ2n) is 3.96. The largest absolute Gasteiger partial charge is 0.677 e. The lowest BCUT2D eigenvalue weighted by Gasteiger charge is -2.13. The normalized spacial score (nSPS) is 10.7. The van der Waals surface area contributed by atoms with E-state index in [1.165, 1.54) is 0 Å². The standard InChI is InChI=1S/C11H6BF4NO4/c1-21-10-7(14)6(13)2-4-8(10)17(12(15)16)3-5(9(4)18)11(19)20/h2-3H,1H3,(H,19,20). The summed E-state index contributed by atoms with van der Waals surface area (Å²) >= 11 is 0. The minimum atomic E-state index is -3.29. The molecule has 0 unspecified atom stereocenters. The molecule has 0 aliphatic carbocycles. The second kappa shape index (κ2) is 5.11. The third kappa shape index (κ3) is 2.22. The first kappa shape index (κ1) is 14.9. The molecule has 0 aliphatic rings. The van der Waals surface area contributed by atoms with Gasteiger partial charge < -0.3 is 14.3 Å². The van der Waals surface area contributed by atoms with E-state index in [0.717, 1.165) is 7.11 Å². The molecule has 2 rings (SSSR count). The van der Waals surface area contributed by atoms with Crippen LogP contribution in [0, 0.1) is 11.6 Å². The van der Waals surface area contributed by atoms with Gasteiger partial charge in [0, 0.05) is 6.20 Å². The second-order valence-corrected chi connectivity index (χ2v) is 3.96. The van der Waals surface area contributed by atoms with Crippen LogP contribution in [0.15, 0.2) is 17.1 Å². The number of pyridine rings is 1. The van der Waals surface area contributed by atoms with E-state index in [2.05, 4.69) is 4.74 Å². The van der Waals surface area contributed by atoms with E-state index < -0.39 is 52.7 Å². The zero-order valence-electron chi connectivity index (χ0n) is 10.4. The molecule has 110 valence electrons. The van der Waals surface area contributed by atoms with Gasteiger partial charge in [-0.2, -0.15) is 4.39 Å². The summed E-state index contributed by atoms with van der Waals surface area (Å²) in [7, 11) is -2.38. The van der Waals surface area contributed by atoms with E-state index in [9.17, 15) is 27.0 Å². The fourth-order valence-corrected chi connectivity index (χ4v) is 1.92. The molecule has 0 radical (unpaired) electrons. The van der Waals surface area contributed by atoms with Crippen LogP contribution in [0.5, 0.6) is 5.75 Å². The zero-order valence-corrected chi connectivity index (χ0v) is 10.4. The first-order chi connectivity index (χ1) is 9.79. The van der Waals surface area contributed by atoms with Crippen LogP contribution in [0.25, 0.3) is 10.9 Å². The number of carbonyl (C=O) groups is 1. The summed E-state index contributed by atoms with van der Waals surface area (Å²) in [4.78, 5) is 22.8. The Morgan fingerprint density at radius 3 is 2.48 bits per heavy atom. The van der Waals surface area contributed by atoms with Crippen LogP contribution in [0.4, 0.5) is 17.4 Å². The maximum atomic E-state index is 13.6. The molecule has 1 N–H and O–H groups in total. The Morgan fingerprint density at radius 2 is 2.00 bits per heavy atom. The van der Waals surface area contributed by atoms with E-state index in [1.807, 2.05) is 0 Å². The molecule has 0 saturated carbocycles. The molecule has 21 heavy (non-hydrogen) atoms. The number of fused-ring (bicyclic) bond motifs is 1. The van der Waals surface area contributed by atoms with Crippen molar-refractivity contribution in [1.29, 1.82) is 0 Å². The molecular weight excluding hydrogens is 297 g/mol. The van der Waals surface area contributed by atoms with Gasteiger partial charge in [0.2, 0.25) is 11.2 Å². The molecule has 0 bridgehead atoms. The van der Waals surface area contributed by atoms with E-state index in [1.54, 1.807) is 0 Å². The summed E-state index contributed by atoms with van der Waals surface area (Å²) in [5, 5.41) is 8.11. The molecule has 0 aliphatic heterocycles. The molecule has 0 saturated heterocycles. The average molecular weight is 303 g/mol. The van der Waals surface area contributed by atoms with Gasteiger partial charge in [-0.3, -0.25) is 13.4 Å². The number of nitrogens with zero attached hydrogens (tertiary/aromatic N) is 1. The van der Waals surface area contributed by atoms with Gasteiger partial charge in [0.15, 0.2) is 11.6 Å². The van der Waals surface area contributed by atoms with E-state index >= 15 is 0 Å². The highest BCUT2D eigenvalue weighted by atomic mass is 19.2. The van der Waals surface area contributed by atoms with Crippen molar-refractivity contribution in [2.45, 2.75) is 0 Å². The molecule has 0 spiro atoms. The summed E-state index contributed by atoms with van der Waals surface area (Å²) in [6.45, 7) is 0. The molecule has 2 aromatic rings. The van der Waals surface area contributed by atoms with E-state index in [0.29, 0.717) is 12.3 Å². The highest BCUT2D eigenvalue weighted by molar-refractivity contribution is 6.42. The third-order valence-electron chi connectivity index (χ3n) is 2.81. The summed E-state index contributed by atoms with van der Waals surface area (Å²) in [5.74, 6) is -5.74. The minimum Gasteiger partial charge on any atom is -0.491 e. The maximum Gasteiger partial charge on any atom is 0.677 e. The smallest absolute Gasteiger partial charge is 0.491 e. The lowest BCUT2D eigenvalue weighted by molar-refractivity contribution is 0.0695. The van der Waals surface area contributed by atoms with Crippen molar-refractivity contribution >= 4 is 24.3 Å². The Labute approximate surface area is 114 Å². The fourth-order valence-electron chi connectivity index (χ4n) is 1.92. The Bertz CT molecular complexity index is 805. The molecule has 1 heterocycles. The predicted molar refractivity (Wildman–Crippen MR) is 65.0 cm³/mol. The molecule has 5 nitrogen and oxygen atoms in total. The van der Waals surface area contributed by atoms with Gasteiger partial charge in [-0.1, -0.05) is 0 Å². The molecule has 0 fully saturated rings. The van der Waals surface area contributed by atoms with Gasteiger partial charge in [0.25, 0.3) is 0 Å². The Morgan fingerprint density at radius 1 is 1.38 bits per heavy atom. The quantitative estimate of drug-likeness (QED) is 0.693. The molecule has 1 aromatic heterocycles. The lowest BCUT2D eigenvalue weighted by Crippen LogP contribution is -2.24. The average Bonchev–Trinajstić information content (AvgIpc) is 2.41. The van der Waals surface area contributed by atoms with Crippen molar-refractivity contribution in [3.63, 3.8) is 0 Å². The van der Waals surface area contributed by atoms with Crippen LogP contribution < -0.4 is 10.2 Å². The summed E-state index contributed by atoms with van der Waals surface area (Å²) in [6.07, 6.45) is 0.359. The van der Waals surface area contributed by atoms with Gasteiger partial charge in [-0.25, -0.2) is 9.18 Å². The Balaban J connectivity index is 3.12. The van der Waals surface area contributed by atoms with Crippen molar-refractivity contribution in [1.82, 2.24) is 4.48 Å². The minimum absolute atomic E-state index is 0.0432. The van der Waals surface area contributed by atoms with Gasteiger partial charge in [0.1, 0.15) is 5.56 Å². The first-order valence-corrected chi connectivity index (χ1v) is 5.41. The predicted octanol–water partition coefficient (Wildman–Crippen LogP) is 1.76. The number of aromatic carboxylic acids is 1. The Kier molecular flexibility index (Phi) is 3.62. The number of methoxy groups -OCH3 is 1. The van der Waals surface area contributed by atoms with Crippen LogP contribution in [0.1, 0.15) is 10.4 Å². The number of carboxylic acid groups (broad SMARTS) is 1. The van der Waals surface area contributed by atoms with Crippen LogP contribution in [-0.2, 0) is 0 Å². The van der Waals surface area contributed by atoms with Crippen LogP contribution in [0.3, 0.4) is 0 Å². The molecular formula is C11H6BF4NO4. The number of hydrogen-bond donors (Lipinski definition) is 1. The number of aromatic nitrogens is 1. The number of carboxylic acids is 1. The van der Waals surface area contributed by atoms with E-state index in [4.69, 9.17) is 5.11 Å². The first-order valence-electron chi connectivity index (χ1n) is 5.41. The fraction of sp³-hybridized carbons (Fsp3) is 0.0909. The zero-order chi connectivity index (χ0) is 15.9. The summed E-state index contributed by atoms with van der Waals surface area (Å²) in [5.41, 5.74) is -2.93. The number of halogens is 4. The SMILES string of the molecule is COc1c(F)c(F)cc2c(=O)c(C(=O)O)cn(B(F)F)c12. The topological polar surface area (TPSA) is 68.5 Å². The van der Waals surface area contributed by atoms with Crippen molar-refractivity contribution in [3.05, 3.63) is 39.7 Å². The number of ether oxygens (including phenoxy) is 1. The van der Waals surface area contributed by atoms with Crippen molar-refractivity contribution in [3.8, 4) is 5.75 Å². The highest BCUT2D eigenvalue weighted by Gasteiger charge is 2.28. The molecule has 0 amide bonds. The van der Waals surface area contributed by atoms with Crippen molar-refractivity contribution < 1.29 is 32.1 Å². The van der Waals surface area contributed by atoms with Crippen LogP contribution in [0.2, 0.25) is 0 Å². The monoisotopic (exact) mass is 303 g/mol. The summed E-state index contributed by atoms with van der Waals surface area (Å²) < 4.78 is 57.6. The number of rotatable bonds is 3. The Hall–Kier alpha value is -2.52. The van der Waals surface area contributed by atoms with Gasteiger partial charge >= 0.3 is 13.4 Å². The van der Waals surface area contributed by atoms with Crippen molar-refractivity contribution in [2.75, 3.05) is 7.11 Å². The van der Waals surface area contributed by atoms with Gasteiger partial charge in [0.05, 0.1) is 18.0 Å². The lowest BCUT2D eigenvalue weighted by atomic mass is 10.1. The molecule has 1 aromatic carbocycles. The van der Waals surface area contributed by atoms with Gasteiger partial charge in [-0.15, -0.1) is 0 Å². The van der Waals surface area contributed by atoms with E-state index in [-0.39, 0.29) is 4.48 Å². The van der Waals surface area contributed by atoms with Gasteiger partial charge in [-0.05, 0) is 6.07 Å². The number of hydrogen-bond acceptors (Lipinski definition) is 3. The van der Waals surface area contributed by atoms with Crippen LogP contribution >= 0.6 is 0 Å².